The van der Waals surface area contributed by atoms with E-state index in [4.69, 9.17) is 9.47 Å². The molecule has 3 rings (SSSR count). The minimum atomic E-state index is 0. The average Bonchev–Trinajstić information content (AvgIpc) is 3.17. The summed E-state index contributed by atoms with van der Waals surface area (Å²) in [5.74, 6) is 1.73. The molecular weight excluding hydrogens is 523 g/mol. The van der Waals surface area contributed by atoms with Crippen molar-refractivity contribution in [1.29, 1.82) is 0 Å². The van der Waals surface area contributed by atoms with E-state index in [9.17, 15) is 0 Å². The lowest BCUT2D eigenvalue weighted by Gasteiger charge is -2.26. The summed E-state index contributed by atoms with van der Waals surface area (Å²) in [5.41, 5.74) is 1.13. The first-order valence-electron chi connectivity index (χ1n) is 10.7. The minimum Gasteiger partial charge on any atom is -0.492 e. The quantitative estimate of drug-likeness (QED) is 0.280. The molecule has 1 aromatic heterocycles. The van der Waals surface area contributed by atoms with Crippen LogP contribution in [0.2, 0.25) is 0 Å². The fraction of sp³-hybridized carbons (Fsp3) is 0.522. The van der Waals surface area contributed by atoms with Crippen molar-refractivity contribution < 1.29 is 9.47 Å². The molecule has 1 saturated heterocycles. The zero-order valence-electron chi connectivity index (χ0n) is 18.7. The topological polar surface area (TPSA) is 58.1 Å². The van der Waals surface area contributed by atoms with E-state index in [2.05, 4.69) is 52.6 Å². The molecule has 8 heteroatoms. The molecule has 1 aromatic carbocycles. The Bertz CT molecular complexity index is 808. The summed E-state index contributed by atoms with van der Waals surface area (Å²) >= 11 is 1.85. The number of hydrogen-bond donors (Lipinski definition) is 2. The molecule has 1 unspecified atom stereocenters. The Morgan fingerprint density at radius 2 is 2.00 bits per heavy atom. The van der Waals surface area contributed by atoms with Gasteiger partial charge in [0.25, 0.3) is 0 Å². The van der Waals surface area contributed by atoms with E-state index < -0.39 is 0 Å². The predicted octanol–water partition coefficient (Wildman–Crippen LogP) is 3.68. The molecule has 6 nitrogen and oxygen atoms in total. The minimum absolute atomic E-state index is 0. The Balaban J connectivity index is 0.00000341. The monoisotopic (exact) mass is 558 g/mol. The number of aryl methyl sites for hydroxylation is 1. The number of ether oxygens (including phenoxy) is 2. The van der Waals surface area contributed by atoms with Crippen LogP contribution in [0.4, 0.5) is 0 Å². The number of para-hydroxylation sites is 1. The normalized spacial score (nSPS) is 15.8. The van der Waals surface area contributed by atoms with Crippen molar-refractivity contribution in [2.45, 2.75) is 32.9 Å². The van der Waals surface area contributed by atoms with Crippen LogP contribution < -0.4 is 15.4 Å². The molecule has 1 aliphatic rings. The molecule has 0 amide bonds. The molecule has 2 N–H and O–H groups in total. The molecule has 0 radical (unpaired) electrons. The van der Waals surface area contributed by atoms with Gasteiger partial charge in [-0.3, -0.25) is 9.89 Å². The number of nitrogens with one attached hydrogen (secondary N) is 2. The Hall–Kier alpha value is -1.36. The molecule has 0 bridgehead atoms. The van der Waals surface area contributed by atoms with Gasteiger partial charge in [-0.1, -0.05) is 18.2 Å². The van der Waals surface area contributed by atoms with E-state index in [-0.39, 0.29) is 24.0 Å². The highest BCUT2D eigenvalue weighted by molar-refractivity contribution is 14.0. The molecule has 2 aromatic rings. The van der Waals surface area contributed by atoms with Crippen molar-refractivity contribution in [2.24, 2.45) is 4.99 Å². The summed E-state index contributed by atoms with van der Waals surface area (Å²) in [6, 6.07) is 12.9. The molecule has 1 aliphatic heterocycles. The largest absolute Gasteiger partial charge is 0.492 e. The number of benzene rings is 1. The van der Waals surface area contributed by atoms with Gasteiger partial charge in [-0.05, 0) is 32.0 Å². The van der Waals surface area contributed by atoms with Gasteiger partial charge in [0.15, 0.2) is 5.96 Å². The Kier molecular flexibility index (Phi) is 11.6. The first kappa shape index (κ1) is 25.9. The van der Waals surface area contributed by atoms with Gasteiger partial charge in [0.1, 0.15) is 12.4 Å². The van der Waals surface area contributed by atoms with Crippen LogP contribution in [0.25, 0.3) is 0 Å². The number of halogens is 1. The summed E-state index contributed by atoms with van der Waals surface area (Å²) in [6.07, 6.45) is 0.987. The molecule has 1 fully saturated rings. The van der Waals surface area contributed by atoms with Gasteiger partial charge in [-0.25, -0.2) is 0 Å². The van der Waals surface area contributed by atoms with Crippen molar-refractivity contribution in [1.82, 2.24) is 15.5 Å². The number of hydrogen-bond acceptors (Lipinski definition) is 5. The lowest BCUT2D eigenvalue weighted by molar-refractivity contribution is 0.0322. The highest BCUT2D eigenvalue weighted by Crippen LogP contribution is 2.18. The Labute approximate surface area is 207 Å². The zero-order valence-corrected chi connectivity index (χ0v) is 21.9. The fourth-order valence-electron chi connectivity index (χ4n) is 3.45. The zero-order chi connectivity index (χ0) is 21.2. The van der Waals surface area contributed by atoms with Gasteiger partial charge in [0, 0.05) is 61.0 Å². The number of guanidine groups is 1. The summed E-state index contributed by atoms with van der Waals surface area (Å²) in [5, 5.41) is 6.91. The third-order valence-electron chi connectivity index (χ3n) is 5.10. The van der Waals surface area contributed by atoms with Crippen LogP contribution in [-0.2, 0) is 17.7 Å². The van der Waals surface area contributed by atoms with Crippen molar-refractivity contribution in [2.75, 3.05) is 46.5 Å². The number of thiophene rings is 1. The van der Waals surface area contributed by atoms with E-state index in [1.807, 2.05) is 36.6 Å². The van der Waals surface area contributed by atoms with Crippen LogP contribution in [0.15, 0.2) is 41.4 Å². The highest BCUT2D eigenvalue weighted by atomic mass is 127. The predicted molar refractivity (Wildman–Crippen MR) is 140 cm³/mol. The summed E-state index contributed by atoms with van der Waals surface area (Å²) < 4.78 is 11.5. The number of nitrogens with zero attached hydrogens (tertiary/aromatic N) is 2. The number of morpholine rings is 1. The van der Waals surface area contributed by atoms with Crippen LogP contribution >= 0.6 is 35.3 Å². The molecular formula is C23H35IN4O2S. The molecule has 31 heavy (non-hydrogen) atoms. The molecule has 0 spiro atoms. The van der Waals surface area contributed by atoms with Crippen LogP contribution in [-0.4, -0.2) is 63.4 Å². The van der Waals surface area contributed by atoms with E-state index in [1.54, 1.807) is 0 Å². The Morgan fingerprint density at radius 1 is 1.23 bits per heavy atom. The molecule has 0 saturated carbocycles. The number of rotatable bonds is 9. The maximum Gasteiger partial charge on any atom is 0.191 e. The molecule has 172 valence electrons. The van der Waals surface area contributed by atoms with E-state index in [1.165, 1.54) is 9.75 Å². The standard InChI is InChI=1S/C23H34N4O2S.HI/c1-18(16-21-9-8-19(2)30-21)26-23(24-3)25-17-20-6-4-5-7-22(20)29-15-12-27-10-13-28-14-11-27;/h4-9,18H,10-17H2,1-3H3,(H2,24,25,26);1H. The first-order chi connectivity index (χ1) is 14.6. The molecule has 1 atom stereocenters. The lowest BCUT2D eigenvalue weighted by Crippen LogP contribution is -2.42. The van der Waals surface area contributed by atoms with Gasteiger partial charge in [0.2, 0.25) is 0 Å². The third kappa shape index (κ3) is 8.96. The summed E-state index contributed by atoms with van der Waals surface area (Å²) in [6.45, 7) is 10.2. The Morgan fingerprint density at radius 3 is 2.71 bits per heavy atom. The average molecular weight is 559 g/mol. The van der Waals surface area contributed by atoms with Crippen LogP contribution in [0.5, 0.6) is 5.75 Å². The van der Waals surface area contributed by atoms with E-state index in [0.29, 0.717) is 19.2 Å². The summed E-state index contributed by atoms with van der Waals surface area (Å²) in [7, 11) is 1.81. The van der Waals surface area contributed by atoms with Gasteiger partial charge in [-0.2, -0.15) is 0 Å². The van der Waals surface area contributed by atoms with Crippen LogP contribution in [0, 0.1) is 6.92 Å². The summed E-state index contributed by atoms with van der Waals surface area (Å²) in [4.78, 5) is 9.51. The van der Waals surface area contributed by atoms with E-state index >= 15 is 0 Å². The maximum atomic E-state index is 6.09. The smallest absolute Gasteiger partial charge is 0.191 e. The second kappa shape index (κ2) is 13.9. The lowest BCUT2D eigenvalue weighted by atomic mass is 10.2. The van der Waals surface area contributed by atoms with Crippen molar-refractivity contribution in [3.8, 4) is 5.75 Å². The van der Waals surface area contributed by atoms with Gasteiger partial charge >= 0.3 is 0 Å². The van der Waals surface area contributed by atoms with Gasteiger partial charge in [-0.15, -0.1) is 35.3 Å². The SMILES string of the molecule is CN=C(NCc1ccccc1OCCN1CCOCC1)NC(C)Cc1ccc(C)s1.I. The second-order valence-corrected chi connectivity index (χ2v) is 8.97. The molecule has 0 aliphatic carbocycles. The second-order valence-electron chi connectivity index (χ2n) is 7.60. The highest BCUT2D eigenvalue weighted by Gasteiger charge is 2.12. The number of aliphatic imine (C=N–C) groups is 1. The van der Waals surface area contributed by atoms with Crippen LogP contribution in [0.1, 0.15) is 22.2 Å². The maximum absolute atomic E-state index is 6.09. The first-order valence-corrected chi connectivity index (χ1v) is 11.5. The molecule has 2 heterocycles. The third-order valence-corrected chi connectivity index (χ3v) is 6.12. The van der Waals surface area contributed by atoms with Crippen molar-refractivity contribution in [3.63, 3.8) is 0 Å². The van der Waals surface area contributed by atoms with Crippen LogP contribution in [0.3, 0.4) is 0 Å². The fourth-order valence-corrected chi connectivity index (χ4v) is 4.47. The van der Waals surface area contributed by atoms with Gasteiger partial charge < -0.3 is 20.1 Å². The van der Waals surface area contributed by atoms with Crippen molar-refractivity contribution >= 4 is 41.3 Å². The van der Waals surface area contributed by atoms with E-state index in [0.717, 1.165) is 56.5 Å². The van der Waals surface area contributed by atoms with Gasteiger partial charge in [0.05, 0.1) is 13.2 Å². The van der Waals surface area contributed by atoms with Crippen molar-refractivity contribution in [3.05, 3.63) is 51.7 Å².